The van der Waals surface area contributed by atoms with Crippen LogP contribution in [0.4, 0.5) is 18.9 Å². The lowest BCUT2D eigenvalue weighted by Crippen LogP contribution is -2.47. The molecule has 2 amide bonds. The van der Waals surface area contributed by atoms with E-state index in [0.717, 1.165) is 25.0 Å². The van der Waals surface area contributed by atoms with Gasteiger partial charge in [-0.25, -0.2) is 0 Å². The molecule has 0 atom stereocenters. The van der Waals surface area contributed by atoms with Gasteiger partial charge in [0.2, 0.25) is 5.91 Å². The number of carbonyl (C=O) groups excluding carboxylic acids is 2. The summed E-state index contributed by atoms with van der Waals surface area (Å²) in [6.07, 6.45) is -1.77. The van der Waals surface area contributed by atoms with Crippen molar-refractivity contribution in [2.45, 2.75) is 56.7 Å². The minimum atomic E-state index is -4.68. The molecule has 0 spiro atoms. The molecule has 152 valence electrons. The number of anilines is 1. The van der Waals surface area contributed by atoms with Gasteiger partial charge in [0.05, 0.1) is 17.5 Å². The van der Waals surface area contributed by atoms with E-state index in [0.29, 0.717) is 25.8 Å². The highest BCUT2D eigenvalue weighted by atomic mass is 19.4. The summed E-state index contributed by atoms with van der Waals surface area (Å²) in [5, 5.41) is 11.8. The molecular formula is C19H21F3N2O4. The van der Waals surface area contributed by atoms with Gasteiger partial charge in [0.25, 0.3) is 5.91 Å². The van der Waals surface area contributed by atoms with Gasteiger partial charge in [0, 0.05) is 24.2 Å². The molecule has 1 aliphatic carbocycles. The van der Waals surface area contributed by atoms with Gasteiger partial charge in [-0.3, -0.25) is 14.4 Å². The van der Waals surface area contributed by atoms with Gasteiger partial charge in [0.15, 0.2) is 0 Å². The number of halogens is 3. The Labute approximate surface area is 159 Å². The summed E-state index contributed by atoms with van der Waals surface area (Å²) in [6.45, 7) is 0.296. The lowest BCUT2D eigenvalue weighted by Gasteiger charge is -2.29. The van der Waals surface area contributed by atoms with E-state index < -0.39 is 29.2 Å². The fourth-order valence-corrected chi connectivity index (χ4v) is 3.98. The Kier molecular flexibility index (Phi) is 5.36. The summed E-state index contributed by atoms with van der Waals surface area (Å²) in [6, 6.07) is 2.86. The van der Waals surface area contributed by atoms with E-state index in [1.54, 1.807) is 0 Å². The second-order valence-corrected chi connectivity index (χ2v) is 7.43. The molecule has 1 saturated carbocycles. The van der Waals surface area contributed by atoms with E-state index in [4.69, 9.17) is 5.11 Å². The molecule has 6 nitrogen and oxygen atoms in total. The number of aliphatic carboxylic acids is 1. The molecule has 2 N–H and O–H groups in total. The zero-order valence-corrected chi connectivity index (χ0v) is 15.1. The Morgan fingerprint density at radius 3 is 2.36 bits per heavy atom. The molecule has 1 aromatic carbocycles. The number of alkyl halides is 3. The number of carboxylic acid groups (broad SMARTS) is 1. The summed E-state index contributed by atoms with van der Waals surface area (Å²) >= 11 is 0. The monoisotopic (exact) mass is 398 g/mol. The standard InChI is InChI=1S/C19H21F3N2O4/c20-19(21,22)13-8-12(9-14(10-13)24-7-3-4-15(24)25)17(28)23-18(11-16(26)27)5-1-2-6-18/h8-10H,1-7,11H2,(H,23,28)(H,26,27). The van der Waals surface area contributed by atoms with E-state index >= 15 is 0 Å². The molecule has 3 rings (SSSR count). The van der Waals surface area contributed by atoms with Crippen molar-refractivity contribution in [2.75, 3.05) is 11.4 Å². The number of nitrogens with one attached hydrogen (secondary N) is 1. The highest BCUT2D eigenvalue weighted by Gasteiger charge is 2.39. The van der Waals surface area contributed by atoms with Gasteiger partial charge in [-0.15, -0.1) is 0 Å². The van der Waals surface area contributed by atoms with Gasteiger partial charge in [-0.2, -0.15) is 13.2 Å². The molecule has 0 radical (unpaired) electrons. The number of benzene rings is 1. The van der Waals surface area contributed by atoms with Crippen LogP contribution in [0.3, 0.4) is 0 Å². The van der Waals surface area contributed by atoms with Crippen molar-refractivity contribution < 1.29 is 32.7 Å². The maximum atomic E-state index is 13.3. The molecule has 9 heteroatoms. The minimum absolute atomic E-state index is 0.0289. The Morgan fingerprint density at radius 2 is 1.82 bits per heavy atom. The van der Waals surface area contributed by atoms with E-state index in [-0.39, 0.29) is 30.0 Å². The van der Waals surface area contributed by atoms with Crippen LogP contribution in [-0.2, 0) is 15.8 Å². The first kappa shape index (κ1) is 20.2. The summed E-state index contributed by atoms with van der Waals surface area (Å²) < 4.78 is 40.0. The fourth-order valence-electron chi connectivity index (χ4n) is 3.98. The van der Waals surface area contributed by atoms with E-state index in [2.05, 4.69) is 5.32 Å². The second-order valence-electron chi connectivity index (χ2n) is 7.43. The molecule has 1 heterocycles. The van der Waals surface area contributed by atoms with Crippen LogP contribution < -0.4 is 10.2 Å². The van der Waals surface area contributed by atoms with E-state index in [1.807, 2.05) is 0 Å². The van der Waals surface area contributed by atoms with Gasteiger partial charge >= 0.3 is 12.1 Å². The molecule has 0 unspecified atom stereocenters. The highest BCUT2D eigenvalue weighted by molar-refractivity contribution is 5.99. The maximum Gasteiger partial charge on any atom is 0.416 e. The SMILES string of the molecule is O=C(O)CC1(NC(=O)c2cc(N3CCCC3=O)cc(C(F)(F)F)c2)CCCC1. The summed E-state index contributed by atoms with van der Waals surface area (Å²) in [5.74, 6) is -2.12. The Morgan fingerprint density at radius 1 is 1.14 bits per heavy atom. The average Bonchev–Trinajstić information content (AvgIpc) is 3.22. The third-order valence-electron chi connectivity index (χ3n) is 5.32. The van der Waals surface area contributed by atoms with Crippen molar-refractivity contribution in [2.24, 2.45) is 0 Å². The molecule has 0 aromatic heterocycles. The number of carboxylic acids is 1. The van der Waals surface area contributed by atoms with Crippen molar-refractivity contribution in [1.29, 1.82) is 0 Å². The lowest BCUT2D eigenvalue weighted by molar-refractivity contribution is -0.139. The van der Waals surface area contributed by atoms with E-state index in [9.17, 15) is 27.6 Å². The van der Waals surface area contributed by atoms with Crippen LogP contribution in [0.25, 0.3) is 0 Å². The van der Waals surface area contributed by atoms with Crippen LogP contribution in [0.2, 0.25) is 0 Å². The molecule has 0 bridgehead atoms. The first-order chi connectivity index (χ1) is 13.1. The normalized spacial score (nSPS) is 19.1. The molecule has 2 aliphatic rings. The summed E-state index contributed by atoms with van der Waals surface area (Å²) in [7, 11) is 0. The van der Waals surface area contributed by atoms with Crippen LogP contribution in [0.15, 0.2) is 18.2 Å². The molecule has 28 heavy (non-hydrogen) atoms. The first-order valence-corrected chi connectivity index (χ1v) is 9.17. The second kappa shape index (κ2) is 7.44. The maximum absolute atomic E-state index is 13.3. The Bertz CT molecular complexity index is 801. The zero-order valence-electron chi connectivity index (χ0n) is 15.1. The van der Waals surface area contributed by atoms with Gasteiger partial charge in [-0.1, -0.05) is 12.8 Å². The molecule has 2 fully saturated rings. The van der Waals surface area contributed by atoms with Crippen LogP contribution in [-0.4, -0.2) is 35.0 Å². The topological polar surface area (TPSA) is 86.7 Å². The largest absolute Gasteiger partial charge is 0.481 e. The van der Waals surface area contributed by atoms with Crippen LogP contribution >= 0.6 is 0 Å². The van der Waals surface area contributed by atoms with Crippen molar-refractivity contribution in [3.63, 3.8) is 0 Å². The van der Waals surface area contributed by atoms with Crippen LogP contribution in [0.5, 0.6) is 0 Å². The van der Waals surface area contributed by atoms with Gasteiger partial charge in [-0.05, 0) is 37.5 Å². The Hall–Kier alpha value is -2.58. The van der Waals surface area contributed by atoms with Crippen molar-refractivity contribution in [1.82, 2.24) is 5.32 Å². The van der Waals surface area contributed by atoms with Crippen LogP contribution in [0, 0.1) is 0 Å². The number of nitrogens with zero attached hydrogens (tertiary/aromatic N) is 1. The molecule has 1 aromatic rings. The van der Waals surface area contributed by atoms with Crippen molar-refractivity contribution >= 4 is 23.5 Å². The van der Waals surface area contributed by atoms with Crippen LogP contribution in [0.1, 0.15) is 60.9 Å². The molecular weight excluding hydrogens is 377 g/mol. The quantitative estimate of drug-likeness (QED) is 0.796. The van der Waals surface area contributed by atoms with Gasteiger partial charge < -0.3 is 15.3 Å². The Balaban J connectivity index is 1.94. The number of hydrogen-bond acceptors (Lipinski definition) is 3. The van der Waals surface area contributed by atoms with E-state index in [1.165, 1.54) is 11.0 Å². The number of amides is 2. The number of carbonyl (C=O) groups is 3. The first-order valence-electron chi connectivity index (χ1n) is 9.17. The predicted octanol–water partition coefficient (Wildman–Crippen LogP) is 3.35. The minimum Gasteiger partial charge on any atom is -0.481 e. The smallest absolute Gasteiger partial charge is 0.416 e. The van der Waals surface area contributed by atoms with Crippen molar-refractivity contribution in [3.8, 4) is 0 Å². The summed E-state index contributed by atoms with van der Waals surface area (Å²) in [5.41, 5.74) is -2.18. The summed E-state index contributed by atoms with van der Waals surface area (Å²) in [4.78, 5) is 37.1. The third kappa shape index (κ3) is 4.28. The van der Waals surface area contributed by atoms with Gasteiger partial charge in [0.1, 0.15) is 0 Å². The highest BCUT2D eigenvalue weighted by Crippen LogP contribution is 2.36. The fraction of sp³-hybridized carbons (Fsp3) is 0.526. The average molecular weight is 398 g/mol. The number of rotatable bonds is 5. The third-order valence-corrected chi connectivity index (χ3v) is 5.32. The van der Waals surface area contributed by atoms with Crippen molar-refractivity contribution in [3.05, 3.63) is 29.3 Å². The number of hydrogen-bond donors (Lipinski definition) is 2. The molecule has 1 saturated heterocycles. The lowest BCUT2D eigenvalue weighted by atomic mass is 9.92. The molecule has 1 aliphatic heterocycles. The predicted molar refractivity (Wildman–Crippen MR) is 93.9 cm³/mol. The zero-order chi connectivity index (χ0) is 20.5.